The van der Waals surface area contributed by atoms with Gasteiger partial charge in [-0.2, -0.15) is 5.48 Å². The Morgan fingerprint density at radius 2 is 1.30 bits per heavy atom. The fourth-order valence-corrected chi connectivity index (χ4v) is 3.70. The van der Waals surface area contributed by atoms with Gasteiger partial charge in [0.05, 0.1) is 49.0 Å². The highest BCUT2D eigenvalue weighted by molar-refractivity contribution is 14.1. The van der Waals surface area contributed by atoms with Crippen LogP contribution >= 0.6 is 23.0 Å². The summed E-state index contributed by atoms with van der Waals surface area (Å²) in [5.41, 5.74) is -1.69. The predicted molar refractivity (Wildman–Crippen MR) is 114 cm³/mol. The van der Waals surface area contributed by atoms with Crippen molar-refractivity contribution in [1.82, 2.24) is 5.48 Å². The lowest BCUT2D eigenvalue weighted by atomic mass is 10.0. The van der Waals surface area contributed by atoms with Gasteiger partial charge < -0.3 is 3.07 Å². The highest BCUT2D eigenvalue weighted by Crippen LogP contribution is 2.54. The van der Waals surface area contributed by atoms with Gasteiger partial charge in [0, 0.05) is 12.1 Å². The lowest BCUT2D eigenvalue weighted by Crippen LogP contribution is -2.31. The molecule has 2 aromatic carbocycles. The standard InChI is InChI=1S/C16H10IN5O11/c1-6(16(23)32-17)33-18-15-9-2-7(19(24)25)4-11(21(28)29)13(9)14-10(15)3-8(20(26)27)5-12(14)22(30)31/h2-6,15,18H,1H3/t6-/m1/s1. The van der Waals surface area contributed by atoms with E-state index < -0.39 is 60.6 Å². The molecule has 16 nitrogen and oxygen atoms in total. The minimum absolute atomic E-state index is 0.176. The second kappa shape index (κ2) is 8.96. The normalized spacial score (nSPS) is 13.0. The average Bonchev–Trinajstić information content (AvgIpc) is 3.08. The van der Waals surface area contributed by atoms with Crippen LogP contribution in [0.15, 0.2) is 24.3 Å². The summed E-state index contributed by atoms with van der Waals surface area (Å²) < 4.78 is 4.48. The number of nitro benzene ring substituents is 4. The van der Waals surface area contributed by atoms with Crippen molar-refractivity contribution in [3.63, 3.8) is 0 Å². The summed E-state index contributed by atoms with van der Waals surface area (Å²) in [7, 11) is 0. The molecule has 33 heavy (non-hydrogen) atoms. The Balaban J connectivity index is 2.34. The van der Waals surface area contributed by atoms with Crippen LogP contribution in [0.1, 0.15) is 24.1 Å². The summed E-state index contributed by atoms with van der Waals surface area (Å²) in [6.07, 6.45) is -1.24. The number of benzene rings is 2. The van der Waals surface area contributed by atoms with E-state index in [4.69, 9.17) is 4.84 Å². The largest absolute Gasteiger partial charge is 0.393 e. The van der Waals surface area contributed by atoms with Crippen LogP contribution in [0.4, 0.5) is 22.7 Å². The topological polar surface area (TPSA) is 220 Å². The van der Waals surface area contributed by atoms with Crippen LogP contribution in [-0.4, -0.2) is 31.8 Å². The van der Waals surface area contributed by atoms with Gasteiger partial charge in [-0.25, -0.2) is 4.79 Å². The number of non-ortho nitro benzene ring substituents is 2. The fraction of sp³-hybridized carbons (Fsp3) is 0.188. The molecule has 0 spiro atoms. The van der Waals surface area contributed by atoms with E-state index in [-0.39, 0.29) is 22.3 Å². The van der Waals surface area contributed by atoms with E-state index in [1.54, 1.807) is 0 Å². The molecule has 0 fully saturated rings. The SMILES string of the molecule is C[C@@H](ONC1c2cc([N+](=O)[O-])cc([N+](=O)[O-])c2-c2c1cc([N+](=O)[O-])cc2[N+](=O)[O-])C(=O)OI. The lowest BCUT2D eigenvalue weighted by molar-refractivity contribution is -0.395. The molecule has 0 bridgehead atoms. The van der Waals surface area contributed by atoms with E-state index >= 15 is 0 Å². The van der Waals surface area contributed by atoms with E-state index in [1.165, 1.54) is 29.9 Å². The number of carbonyl (C=O) groups is 1. The number of hydrogen-bond donors (Lipinski definition) is 1. The van der Waals surface area contributed by atoms with Gasteiger partial charge in [0.15, 0.2) is 29.1 Å². The Labute approximate surface area is 195 Å². The molecule has 0 saturated heterocycles. The third kappa shape index (κ3) is 4.27. The zero-order valence-corrected chi connectivity index (χ0v) is 18.3. The number of nitro groups is 4. The molecule has 0 heterocycles. The average molecular weight is 575 g/mol. The molecule has 1 aliphatic rings. The van der Waals surface area contributed by atoms with Gasteiger partial charge >= 0.3 is 5.97 Å². The van der Waals surface area contributed by atoms with Crippen LogP contribution in [-0.2, 0) is 12.7 Å². The number of carbonyl (C=O) groups excluding carboxylic acids is 1. The molecule has 0 aliphatic heterocycles. The second-order valence-electron chi connectivity index (χ2n) is 6.59. The summed E-state index contributed by atoms with van der Waals surface area (Å²) in [5.74, 6) is -0.836. The van der Waals surface area contributed by atoms with E-state index in [9.17, 15) is 45.3 Å². The second-order valence-corrected chi connectivity index (χ2v) is 7.03. The third-order valence-corrected chi connectivity index (χ3v) is 5.16. The zero-order chi connectivity index (χ0) is 24.6. The number of halogens is 1. The number of hydrogen-bond acceptors (Lipinski definition) is 12. The van der Waals surface area contributed by atoms with Crippen molar-refractivity contribution >= 4 is 51.7 Å². The Hall–Kier alpha value is -3.84. The number of fused-ring (bicyclic) bond motifs is 3. The van der Waals surface area contributed by atoms with Crippen LogP contribution in [0.25, 0.3) is 11.1 Å². The molecule has 0 radical (unpaired) electrons. The molecule has 1 atom stereocenters. The number of hydroxylamine groups is 1. The molecule has 1 aliphatic carbocycles. The van der Waals surface area contributed by atoms with Crippen LogP contribution in [0, 0.1) is 40.5 Å². The van der Waals surface area contributed by atoms with Gasteiger partial charge in [-0.3, -0.25) is 45.3 Å². The van der Waals surface area contributed by atoms with Crippen molar-refractivity contribution in [3.05, 3.63) is 75.8 Å². The van der Waals surface area contributed by atoms with E-state index in [2.05, 4.69) is 8.55 Å². The van der Waals surface area contributed by atoms with Gasteiger partial charge in [-0.1, -0.05) is 0 Å². The van der Waals surface area contributed by atoms with Crippen molar-refractivity contribution < 1.29 is 32.4 Å². The van der Waals surface area contributed by atoms with Crippen molar-refractivity contribution in [2.24, 2.45) is 0 Å². The van der Waals surface area contributed by atoms with E-state index in [1.807, 2.05) is 0 Å². The molecule has 172 valence electrons. The molecule has 0 unspecified atom stereocenters. The van der Waals surface area contributed by atoms with Crippen molar-refractivity contribution in [2.45, 2.75) is 19.1 Å². The predicted octanol–water partition coefficient (Wildman–Crippen LogP) is 3.19. The molecule has 0 saturated carbocycles. The Bertz CT molecular complexity index is 1150. The first-order valence-corrected chi connectivity index (χ1v) is 9.53. The number of rotatable bonds is 8. The maximum Gasteiger partial charge on any atom is 0.346 e. The highest BCUT2D eigenvalue weighted by atomic mass is 127. The van der Waals surface area contributed by atoms with E-state index in [0.29, 0.717) is 12.1 Å². The highest BCUT2D eigenvalue weighted by Gasteiger charge is 2.43. The van der Waals surface area contributed by atoms with Crippen molar-refractivity contribution in [1.29, 1.82) is 0 Å². The molecule has 2 aromatic rings. The van der Waals surface area contributed by atoms with Crippen LogP contribution in [0.2, 0.25) is 0 Å². The first kappa shape index (κ1) is 23.8. The number of nitrogens with one attached hydrogen (secondary N) is 1. The fourth-order valence-electron chi connectivity index (χ4n) is 3.34. The molecule has 1 N–H and O–H groups in total. The summed E-state index contributed by atoms with van der Waals surface area (Å²) >= 11 is 1.31. The first-order valence-electron chi connectivity index (χ1n) is 8.65. The minimum Gasteiger partial charge on any atom is -0.393 e. The molecular formula is C16H10IN5O11. The van der Waals surface area contributed by atoms with Crippen molar-refractivity contribution in [3.8, 4) is 11.1 Å². The lowest BCUT2D eigenvalue weighted by Gasteiger charge is -2.17. The molecule has 3 rings (SSSR count). The Kier molecular flexibility index (Phi) is 6.46. The van der Waals surface area contributed by atoms with E-state index in [0.717, 1.165) is 12.1 Å². The van der Waals surface area contributed by atoms with Crippen molar-refractivity contribution in [2.75, 3.05) is 0 Å². The zero-order valence-electron chi connectivity index (χ0n) is 16.1. The monoisotopic (exact) mass is 575 g/mol. The molecule has 17 heteroatoms. The maximum absolute atomic E-state index is 11.7. The van der Waals surface area contributed by atoms with Gasteiger partial charge in [0.2, 0.25) is 0 Å². The van der Waals surface area contributed by atoms with Crippen LogP contribution in [0.5, 0.6) is 0 Å². The Morgan fingerprint density at radius 1 is 0.879 bits per heavy atom. The van der Waals surface area contributed by atoms with Gasteiger partial charge in [0.1, 0.15) is 0 Å². The minimum atomic E-state index is -1.36. The van der Waals surface area contributed by atoms with Gasteiger partial charge in [-0.05, 0) is 18.1 Å². The molecule has 0 amide bonds. The van der Waals surface area contributed by atoms with Crippen LogP contribution < -0.4 is 5.48 Å². The molecular weight excluding hydrogens is 565 g/mol. The van der Waals surface area contributed by atoms with Gasteiger partial charge in [0.25, 0.3) is 22.7 Å². The quantitative estimate of drug-likeness (QED) is 0.272. The summed E-state index contributed by atoms with van der Waals surface area (Å²) in [6, 6.07) is 1.76. The summed E-state index contributed by atoms with van der Waals surface area (Å²) in [5, 5.41) is 46.1. The van der Waals surface area contributed by atoms with Crippen LogP contribution in [0.3, 0.4) is 0 Å². The number of nitrogens with zero attached hydrogens (tertiary/aromatic N) is 4. The summed E-state index contributed by atoms with van der Waals surface area (Å²) in [6.45, 7) is 1.27. The molecule has 0 aromatic heterocycles. The summed E-state index contributed by atoms with van der Waals surface area (Å²) in [4.78, 5) is 59.2. The smallest absolute Gasteiger partial charge is 0.346 e. The third-order valence-electron chi connectivity index (χ3n) is 4.72. The maximum atomic E-state index is 11.7. The first-order chi connectivity index (χ1) is 15.5. The Morgan fingerprint density at radius 3 is 1.64 bits per heavy atom. The van der Waals surface area contributed by atoms with Gasteiger partial charge in [-0.15, -0.1) is 0 Å².